The molecule has 3 nitrogen and oxygen atoms in total. The number of fused-ring (bicyclic) bond motifs is 1. The van der Waals surface area contributed by atoms with Gasteiger partial charge in [0.1, 0.15) is 5.75 Å². The van der Waals surface area contributed by atoms with E-state index in [2.05, 4.69) is 0 Å². The van der Waals surface area contributed by atoms with Crippen molar-refractivity contribution < 1.29 is 9.53 Å². The molecular weight excluding hydrogens is 214 g/mol. The van der Waals surface area contributed by atoms with Crippen molar-refractivity contribution in [3.05, 3.63) is 28.9 Å². The van der Waals surface area contributed by atoms with Gasteiger partial charge in [-0.3, -0.25) is 4.79 Å². The highest BCUT2D eigenvalue weighted by molar-refractivity contribution is 6.31. The highest BCUT2D eigenvalue weighted by Crippen LogP contribution is 2.31. The van der Waals surface area contributed by atoms with Crippen LogP contribution >= 0.6 is 11.6 Å². The van der Waals surface area contributed by atoms with Crippen molar-refractivity contribution in [2.45, 2.75) is 0 Å². The molecule has 0 bridgehead atoms. The Hall–Kier alpha value is -1.48. The Bertz CT molecular complexity index is 531. The minimum absolute atomic E-state index is 0.595. The number of aryl methyl sites for hydroxylation is 1. The first-order valence-electron chi connectivity index (χ1n) is 4.45. The Morgan fingerprint density at radius 1 is 1.40 bits per heavy atom. The van der Waals surface area contributed by atoms with Crippen LogP contribution in [0, 0.1) is 0 Å². The summed E-state index contributed by atoms with van der Waals surface area (Å²) < 4.78 is 7.00. The van der Waals surface area contributed by atoms with Gasteiger partial charge in [0, 0.05) is 17.5 Å². The van der Waals surface area contributed by atoms with E-state index in [1.165, 1.54) is 0 Å². The lowest BCUT2D eigenvalue weighted by Crippen LogP contribution is -1.93. The van der Waals surface area contributed by atoms with Crippen LogP contribution in [0.2, 0.25) is 5.02 Å². The summed E-state index contributed by atoms with van der Waals surface area (Å²) in [6.07, 6.45) is 0.813. The van der Waals surface area contributed by atoms with E-state index in [1.807, 2.05) is 13.1 Å². The van der Waals surface area contributed by atoms with Gasteiger partial charge in [-0.15, -0.1) is 0 Å². The molecule has 0 fully saturated rings. The first kappa shape index (κ1) is 10.1. The van der Waals surface area contributed by atoms with E-state index >= 15 is 0 Å². The monoisotopic (exact) mass is 223 g/mol. The molecule has 0 N–H and O–H groups in total. The highest BCUT2D eigenvalue weighted by Gasteiger charge is 2.10. The molecule has 0 atom stereocenters. The second kappa shape index (κ2) is 3.59. The average molecular weight is 224 g/mol. The van der Waals surface area contributed by atoms with E-state index in [9.17, 15) is 4.79 Å². The molecule has 15 heavy (non-hydrogen) atoms. The van der Waals surface area contributed by atoms with Crippen LogP contribution in [0.25, 0.3) is 10.9 Å². The smallest absolute Gasteiger partial charge is 0.166 e. The van der Waals surface area contributed by atoms with Crippen LogP contribution in [-0.4, -0.2) is 18.0 Å². The largest absolute Gasteiger partial charge is 0.496 e. The quantitative estimate of drug-likeness (QED) is 0.733. The summed E-state index contributed by atoms with van der Waals surface area (Å²) in [4.78, 5) is 10.8. The maximum absolute atomic E-state index is 10.8. The number of carbonyl (C=O) groups is 1. The lowest BCUT2D eigenvalue weighted by molar-refractivity contribution is 0.111. The number of methoxy groups -OCH3 is 1. The van der Waals surface area contributed by atoms with Crippen LogP contribution in [0.5, 0.6) is 5.75 Å². The first-order chi connectivity index (χ1) is 7.17. The van der Waals surface area contributed by atoms with Crippen molar-refractivity contribution in [2.24, 2.45) is 7.05 Å². The third kappa shape index (κ3) is 1.49. The minimum Gasteiger partial charge on any atom is -0.496 e. The molecule has 2 aromatic rings. The van der Waals surface area contributed by atoms with Crippen molar-refractivity contribution in [3.63, 3.8) is 0 Å². The van der Waals surface area contributed by atoms with Crippen molar-refractivity contribution in [1.29, 1.82) is 0 Å². The Morgan fingerprint density at radius 2 is 2.13 bits per heavy atom. The Morgan fingerprint density at radius 3 is 2.73 bits per heavy atom. The lowest BCUT2D eigenvalue weighted by atomic mass is 10.2. The number of nitrogens with zero attached hydrogens (tertiary/aromatic N) is 1. The fraction of sp³-hybridized carbons (Fsp3) is 0.182. The summed E-state index contributed by atoms with van der Waals surface area (Å²) in [7, 11) is 3.40. The molecule has 0 saturated heterocycles. The summed E-state index contributed by atoms with van der Waals surface area (Å²) in [5.74, 6) is 0.682. The normalized spacial score (nSPS) is 10.6. The predicted octanol–water partition coefficient (Wildman–Crippen LogP) is 2.65. The van der Waals surface area contributed by atoms with Crippen LogP contribution in [0.15, 0.2) is 18.2 Å². The highest BCUT2D eigenvalue weighted by atomic mass is 35.5. The van der Waals surface area contributed by atoms with E-state index in [1.54, 1.807) is 23.8 Å². The zero-order valence-corrected chi connectivity index (χ0v) is 9.21. The molecule has 0 saturated carbocycles. The van der Waals surface area contributed by atoms with Crippen LogP contribution in [-0.2, 0) is 7.05 Å². The number of carbonyl (C=O) groups excluding carboxylic acids is 1. The van der Waals surface area contributed by atoms with Crippen molar-refractivity contribution in [2.75, 3.05) is 7.11 Å². The minimum atomic E-state index is 0.595. The molecule has 0 unspecified atom stereocenters. The van der Waals surface area contributed by atoms with Gasteiger partial charge in [0.05, 0.1) is 18.3 Å². The topological polar surface area (TPSA) is 31.2 Å². The number of aromatic nitrogens is 1. The van der Waals surface area contributed by atoms with E-state index in [0.29, 0.717) is 16.5 Å². The standard InChI is InChI=1S/C11H10ClNO2/c1-13-8(6-14)5-9-10(13)3-7(12)4-11(9)15-2/h3-6H,1-2H3. The SMILES string of the molecule is COc1cc(Cl)cc2c1cc(C=O)n2C. The second-order valence-corrected chi connectivity index (χ2v) is 3.72. The molecule has 0 spiro atoms. The molecule has 1 heterocycles. The van der Waals surface area contributed by atoms with Gasteiger partial charge in [-0.2, -0.15) is 0 Å². The molecule has 0 radical (unpaired) electrons. The average Bonchev–Trinajstić information content (AvgIpc) is 2.55. The van der Waals surface area contributed by atoms with Crippen molar-refractivity contribution in [3.8, 4) is 5.75 Å². The number of ether oxygens (including phenoxy) is 1. The van der Waals surface area contributed by atoms with Gasteiger partial charge in [0.2, 0.25) is 0 Å². The van der Waals surface area contributed by atoms with Gasteiger partial charge >= 0.3 is 0 Å². The third-order valence-corrected chi connectivity index (χ3v) is 2.68. The number of halogens is 1. The third-order valence-electron chi connectivity index (χ3n) is 2.47. The van der Waals surface area contributed by atoms with Gasteiger partial charge < -0.3 is 9.30 Å². The van der Waals surface area contributed by atoms with E-state index in [0.717, 1.165) is 17.2 Å². The molecule has 2 rings (SSSR count). The maximum Gasteiger partial charge on any atom is 0.166 e. The molecule has 4 heteroatoms. The number of aldehydes is 1. The van der Waals surface area contributed by atoms with E-state index in [-0.39, 0.29) is 0 Å². The molecule has 0 amide bonds. The summed E-state index contributed by atoms with van der Waals surface area (Å²) in [6.45, 7) is 0. The zero-order valence-electron chi connectivity index (χ0n) is 8.45. The van der Waals surface area contributed by atoms with Gasteiger partial charge in [-0.05, 0) is 18.2 Å². The predicted molar refractivity (Wildman–Crippen MR) is 59.9 cm³/mol. The maximum atomic E-state index is 10.8. The van der Waals surface area contributed by atoms with E-state index in [4.69, 9.17) is 16.3 Å². The Kier molecular flexibility index (Phi) is 2.40. The summed E-state index contributed by atoms with van der Waals surface area (Å²) in [6, 6.07) is 5.34. The Labute approximate surface area is 92.2 Å². The molecule has 0 aliphatic carbocycles. The summed E-state index contributed by atoms with van der Waals surface area (Å²) >= 11 is 5.95. The number of hydrogen-bond donors (Lipinski definition) is 0. The molecule has 1 aromatic heterocycles. The molecule has 0 aliphatic rings. The zero-order chi connectivity index (χ0) is 11.0. The van der Waals surface area contributed by atoms with Crippen LogP contribution in [0.4, 0.5) is 0 Å². The van der Waals surface area contributed by atoms with E-state index < -0.39 is 0 Å². The van der Waals surface area contributed by atoms with Crippen LogP contribution < -0.4 is 4.74 Å². The summed E-state index contributed by atoms with van der Waals surface area (Å²) in [5.41, 5.74) is 1.49. The number of hydrogen-bond acceptors (Lipinski definition) is 2. The number of benzene rings is 1. The number of rotatable bonds is 2. The molecular formula is C11H10ClNO2. The molecule has 1 aromatic carbocycles. The van der Waals surface area contributed by atoms with Crippen LogP contribution in [0.1, 0.15) is 10.5 Å². The lowest BCUT2D eigenvalue weighted by Gasteiger charge is -2.03. The first-order valence-corrected chi connectivity index (χ1v) is 4.83. The second-order valence-electron chi connectivity index (χ2n) is 3.29. The Balaban J connectivity index is 2.87. The summed E-state index contributed by atoms with van der Waals surface area (Å²) in [5, 5.41) is 1.49. The van der Waals surface area contributed by atoms with Gasteiger partial charge in [0.25, 0.3) is 0 Å². The molecule has 0 aliphatic heterocycles. The fourth-order valence-electron chi connectivity index (χ4n) is 1.67. The van der Waals surface area contributed by atoms with Crippen LogP contribution in [0.3, 0.4) is 0 Å². The van der Waals surface area contributed by atoms with Crippen molar-refractivity contribution >= 4 is 28.8 Å². The van der Waals surface area contributed by atoms with Gasteiger partial charge in [-0.1, -0.05) is 11.6 Å². The van der Waals surface area contributed by atoms with Gasteiger partial charge in [0.15, 0.2) is 6.29 Å². The fourth-order valence-corrected chi connectivity index (χ4v) is 1.87. The van der Waals surface area contributed by atoms with Crippen molar-refractivity contribution in [1.82, 2.24) is 4.57 Å². The van der Waals surface area contributed by atoms with Gasteiger partial charge in [-0.25, -0.2) is 0 Å². The molecule has 78 valence electrons.